The minimum absolute atomic E-state index is 0.125. The molecule has 0 aliphatic carbocycles. The minimum Gasteiger partial charge on any atom is -0.394 e. The lowest BCUT2D eigenvalue weighted by Gasteiger charge is -2.01. The molecule has 0 fully saturated rings. The molecule has 0 aromatic heterocycles. The highest BCUT2D eigenvalue weighted by Crippen LogP contribution is 1.97. The first-order valence-electron chi connectivity index (χ1n) is 6.12. The van der Waals surface area contributed by atoms with Crippen LogP contribution >= 0.6 is 0 Å². The van der Waals surface area contributed by atoms with Gasteiger partial charge in [0.2, 0.25) is 0 Å². The van der Waals surface area contributed by atoms with E-state index < -0.39 is 0 Å². The van der Waals surface area contributed by atoms with E-state index in [9.17, 15) is 0 Å². The Hall–Kier alpha value is -0.120. The molecule has 0 amide bonds. The average molecular weight is 220 g/mol. The highest BCUT2D eigenvalue weighted by molar-refractivity contribution is 4.38. The number of aliphatic hydroxyl groups is 2. The quantitative estimate of drug-likeness (QED) is 0.586. The van der Waals surface area contributed by atoms with Crippen LogP contribution in [0.3, 0.4) is 0 Å². The third kappa shape index (κ3) is 24.8. The first-order chi connectivity index (χ1) is 7.33. The summed E-state index contributed by atoms with van der Waals surface area (Å²) in [5.41, 5.74) is 0. The van der Waals surface area contributed by atoms with E-state index >= 15 is 0 Å². The van der Waals surface area contributed by atoms with Gasteiger partial charge in [-0.2, -0.15) is 0 Å². The fourth-order valence-electron chi connectivity index (χ4n) is 1.01. The number of unbranched alkanes of at least 4 members (excludes halogenated alkanes) is 4. The van der Waals surface area contributed by atoms with Crippen molar-refractivity contribution in [3.8, 4) is 0 Å². The normalized spacial score (nSPS) is 9.60. The molecule has 3 nitrogen and oxygen atoms in total. The first kappa shape index (κ1) is 17.3. The maximum absolute atomic E-state index is 7.62. The van der Waals surface area contributed by atoms with E-state index in [4.69, 9.17) is 14.9 Å². The van der Waals surface area contributed by atoms with E-state index in [-0.39, 0.29) is 13.2 Å². The summed E-state index contributed by atoms with van der Waals surface area (Å²) in [6.07, 6.45) is 7.68. The van der Waals surface area contributed by atoms with Crippen molar-refractivity contribution in [2.75, 3.05) is 26.4 Å². The van der Waals surface area contributed by atoms with Crippen molar-refractivity contribution < 1.29 is 14.9 Å². The molecule has 0 atom stereocenters. The minimum atomic E-state index is -0.125. The van der Waals surface area contributed by atoms with Crippen LogP contribution < -0.4 is 0 Å². The predicted molar refractivity (Wildman–Crippen MR) is 64.0 cm³/mol. The van der Waals surface area contributed by atoms with Crippen molar-refractivity contribution in [1.29, 1.82) is 0 Å². The zero-order valence-corrected chi connectivity index (χ0v) is 10.4. The van der Waals surface area contributed by atoms with Crippen molar-refractivity contribution in [2.45, 2.75) is 52.4 Å². The van der Waals surface area contributed by atoms with E-state index in [0.29, 0.717) is 0 Å². The second-order valence-corrected chi connectivity index (χ2v) is 3.47. The Morgan fingerprint density at radius 3 is 1.40 bits per heavy atom. The van der Waals surface area contributed by atoms with Gasteiger partial charge in [0.25, 0.3) is 0 Å². The summed E-state index contributed by atoms with van der Waals surface area (Å²) < 4.78 is 5.44. The third-order valence-electron chi connectivity index (χ3n) is 1.88. The SMILES string of the molecule is CCCCCOCCCCC.OCCO. The van der Waals surface area contributed by atoms with Crippen molar-refractivity contribution in [2.24, 2.45) is 0 Å². The van der Waals surface area contributed by atoms with Gasteiger partial charge in [0.15, 0.2) is 0 Å². The van der Waals surface area contributed by atoms with Crippen molar-refractivity contribution >= 4 is 0 Å². The Morgan fingerprint density at radius 1 is 0.733 bits per heavy atom. The molecular weight excluding hydrogens is 192 g/mol. The van der Waals surface area contributed by atoms with Gasteiger partial charge in [-0.15, -0.1) is 0 Å². The van der Waals surface area contributed by atoms with Crippen molar-refractivity contribution in [3.63, 3.8) is 0 Å². The molecular formula is C12H28O3. The molecule has 3 heteroatoms. The largest absolute Gasteiger partial charge is 0.394 e. The molecule has 0 heterocycles. The van der Waals surface area contributed by atoms with Crippen LogP contribution in [0.25, 0.3) is 0 Å². The van der Waals surface area contributed by atoms with Gasteiger partial charge >= 0.3 is 0 Å². The summed E-state index contributed by atoms with van der Waals surface area (Å²) in [4.78, 5) is 0. The zero-order valence-electron chi connectivity index (χ0n) is 10.4. The molecule has 15 heavy (non-hydrogen) atoms. The summed E-state index contributed by atoms with van der Waals surface area (Å²) in [6, 6.07) is 0. The van der Waals surface area contributed by atoms with Crippen LogP contribution in [0.4, 0.5) is 0 Å². The number of ether oxygens (including phenoxy) is 1. The van der Waals surface area contributed by atoms with Gasteiger partial charge in [-0.05, 0) is 12.8 Å². The second kappa shape index (κ2) is 19.5. The molecule has 0 saturated heterocycles. The third-order valence-corrected chi connectivity index (χ3v) is 1.88. The fourth-order valence-corrected chi connectivity index (χ4v) is 1.01. The van der Waals surface area contributed by atoms with Gasteiger partial charge < -0.3 is 14.9 Å². The Bertz CT molecular complexity index is 76.9. The second-order valence-electron chi connectivity index (χ2n) is 3.47. The Balaban J connectivity index is 0. The van der Waals surface area contributed by atoms with Crippen LogP contribution in [-0.4, -0.2) is 36.6 Å². The van der Waals surface area contributed by atoms with Crippen LogP contribution in [-0.2, 0) is 4.74 Å². The van der Waals surface area contributed by atoms with Crippen molar-refractivity contribution in [1.82, 2.24) is 0 Å². The average Bonchev–Trinajstić information content (AvgIpc) is 2.28. The van der Waals surface area contributed by atoms with E-state index in [1.165, 1.54) is 38.5 Å². The summed E-state index contributed by atoms with van der Waals surface area (Å²) in [6.45, 7) is 6.13. The van der Waals surface area contributed by atoms with Crippen LogP contribution in [0, 0.1) is 0 Å². The van der Waals surface area contributed by atoms with Crippen LogP contribution in [0.5, 0.6) is 0 Å². The lowest BCUT2D eigenvalue weighted by Crippen LogP contribution is -1.96. The van der Waals surface area contributed by atoms with Gasteiger partial charge in [-0.1, -0.05) is 39.5 Å². The van der Waals surface area contributed by atoms with E-state index in [2.05, 4.69) is 13.8 Å². The summed E-state index contributed by atoms with van der Waals surface area (Å²) in [5, 5.41) is 15.2. The van der Waals surface area contributed by atoms with Crippen molar-refractivity contribution in [3.05, 3.63) is 0 Å². The Labute approximate surface area is 94.5 Å². The molecule has 0 aromatic rings. The molecule has 94 valence electrons. The molecule has 0 radical (unpaired) electrons. The Morgan fingerprint density at radius 2 is 1.13 bits per heavy atom. The summed E-state index contributed by atoms with van der Waals surface area (Å²) in [7, 11) is 0. The molecule has 0 spiro atoms. The number of hydrogen-bond acceptors (Lipinski definition) is 3. The lowest BCUT2D eigenvalue weighted by molar-refractivity contribution is 0.126. The van der Waals surface area contributed by atoms with Gasteiger partial charge in [-0.3, -0.25) is 0 Å². The van der Waals surface area contributed by atoms with Crippen LogP contribution in [0.1, 0.15) is 52.4 Å². The molecule has 0 aliphatic heterocycles. The molecule has 0 saturated carbocycles. The first-order valence-corrected chi connectivity index (χ1v) is 6.12. The molecule has 0 aliphatic rings. The Kier molecular flexibility index (Phi) is 22.4. The van der Waals surface area contributed by atoms with Gasteiger partial charge in [0, 0.05) is 13.2 Å². The maximum Gasteiger partial charge on any atom is 0.0662 e. The van der Waals surface area contributed by atoms with E-state index in [0.717, 1.165) is 13.2 Å². The zero-order chi connectivity index (χ0) is 11.8. The fraction of sp³-hybridized carbons (Fsp3) is 1.00. The monoisotopic (exact) mass is 220 g/mol. The topological polar surface area (TPSA) is 49.7 Å². The van der Waals surface area contributed by atoms with Crippen LogP contribution in [0.2, 0.25) is 0 Å². The molecule has 0 bridgehead atoms. The van der Waals surface area contributed by atoms with E-state index in [1.54, 1.807) is 0 Å². The molecule has 0 unspecified atom stereocenters. The van der Waals surface area contributed by atoms with Gasteiger partial charge in [-0.25, -0.2) is 0 Å². The number of hydrogen-bond donors (Lipinski definition) is 2. The molecule has 0 aromatic carbocycles. The summed E-state index contributed by atoms with van der Waals surface area (Å²) in [5.74, 6) is 0. The van der Waals surface area contributed by atoms with Crippen LogP contribution in [0.15, 0.2) is 0 Å². The molecule has 0 rings (SSSR count). The smallest absolute Gasteiger partial charge is 0.0662 e. The standard InChI is InChI=1S/C10H22O.C2H6O2/c1-3-5-7-9-11-10-8-6-4-2;3-1-2-4/h3-10H2,1-2H3;3-4H,1-2H2. The number of aliphatic hydroxyl groups excluding tert-OH is 2. The van der Waals surface area contributed by atoms with Gasteiger partial charge in [0.1, 0.15) is 0 Å². The highest BCUT2D eigenvalue weighted by Gasteiger charge is 1.88. The number of rotatable bonds is 9. The highest BCUT2D eigenvalue weighted by atomic mass is 16.5. The van der Waals surface area contributed by atoms with Gasteiger partial charge in [0.05, 0.1) is 13.2 Å². The van der Waals surface area contributed by atoms with E-state index in [1.807, 2.05) is 0 Å². The maximum atomic E-state index is 7.62. The predicted octanol–water partition coefficient (Wildman–Crippen LogP) is 2.35. The lowest BCUT2D eigenvalue weighted by atomic mass is 10.2. The molecule has 2 N–H and O–H groups in total. The summed E-state index contributed by atoms with van der Waals surface area (Å²) >= 11 is 0.